The van der Waals surface area contributed by atoms with E-state index in [9.17, 15) is 13.2 Å². The van der Waals surface area contributed by atoms with E-state index in [4.69, 9.17) is 9.72 Å². The lowest BCUT2D eigenvalue weighted by atomic mass is 10.2. The second-order valence-corrected chi connectivity index (χ2v) is 10.9. The molecule has 0 aliphatic carbocycles. The molecule has 1 fully saturated rings. The van der Waals surface area contributed by atoms with Crippen molar-refractivity contribution >= 4 is 43.7 Å². The van der Waals surface area contributed by atoms with Gasteiger partial charge >= 0.3 is 0 Å². The molecule has 178 valence electrons. The summed E-state index contributed by atoms with van der Waals surface area (Å²) >= 11 is 1.56. The fourth-order valence-electron chi connectivity index (χ4n) is 4.09. The van der Waals surface area contributed by atoms with Crippen molar-refractivity contribution in [2.24, 2.45) is 0 Å². The van der Waals surface area contributed by atoms with E-state index in [-0.39, 0.29) is 10.5 Å². The second kappa shape index (κ2) is 9.49. The fraction of sp³-hybridized carbons (Fsp3) is 0.348. The molecule has 1 aliphatic heterocycles. The average Bonchev–Trinajstić information content (AvgIpc) is 3.21. The SMILES string of the molecule is CCn1c(SCCc2nc3ccccc3c(=O)[nH]2)nc2cc(S(=O)(=O)N3CCOCC3)ccc21. The number of imidazole rings is 1. The number of fused-ring (bicyclic) bond motifs is 2. The summed E-state index contributed by atoms with van der Waals surface area (Å²) in [5, 5.41) is 1.39. The molecule has 0 atom stereocenters. The Morgan fingerprint density at radius 1 is 1.09 bits per heavy atom. The number of thioether (sulfide) groups is 1. The van der Waals surface area contributed by atoms with Crippen molar-refractivity contribution in [3.63, 3.8) is 0 Å². The predicted octanol–water partition coefficient (Wildman–Crippen LogP) is 2.65. The molecule has 1 saturated heterocycles. The Hall–Kier alpha value is -2.73. The zero-order valence-electron chi connectivity index (χ0n) is 18.7. The Balaban J connectivity index is 1.37. The summed E-state index contributed by atoms with van der Waals surface area (Å²) < 4.78 is 34.9. The van der Waals surface area contributed by atoms with Gasteiger partial charge in [0.1, 0.15) is 5.82 Å². The van der Waals surface area contributed by atoms with Crippen molar-refractivity contribution in [1.29, 1.82) is 0 Å². The van der Waals surface area contributed by atoms with Crippen LogP contribution >= 0.6 is 11.8 Å². The van der Waals surface area contributed by atoms with Crippen LogP contribution in [0.4, 0.5) is 0 Å². The lowest BCUT2D eigenvalue weighted by Crippen LogP contribution is -2.40. The van der Waals surface area contributed by atoms with Crippen LogP contribution < -0.4 is 5.56 Å². The maximum Gasteiger partial charge on any atom is 0.258 e. The first-order chi connectivity index (χ1) is 16.5. The third-order valence-electron chi connectivity index (χ3n) is 5.84. The van der Waals surface area contributed by atoms with Crippen LogP contribution in [0.25, 0.3) is 21.9 Å². The molecule has 0 radical (unpaired) electrons. The molecule has 2 aromatic heterocycles. The van der Waals surface area contributed by atoms with Gasteiger partial charge in [-0.25, -0.2) is 18.4 Å². The first kappa shape index (κ1) is 23.0. The number of para-hydroxylation sites is 1. The number of hydrogen-bond donors (Lipinski definition) is 1. The van der Waals surface area contributed by atoms with Gasteiger partial charge in [0.2, 0.25) is 10.0 Å². The van der Waals surface area contributed by atoms with Crippen molar-refractivity contribution in [1.82, 2.24) is 23.8 Å². The van der Waals surface area contributed by atoms with Crippen LogP contribution in [0.15, 0.2) is 57.3 Å². The van der Waals surface area contributed by atoms with Crippen molar-refractivity contribution < 1.29 is 13.2 Å². The van der Waals surface area contributed by atoms with Crippen molar-refractivity contribution in [3.8, 4) is 0 Å². The number of rotatable bonds is 7. The van der Waals surface area contributed by atoms with Crippen molar-refractivity contribution in [3.05, 3.63) is 58.6 Å². The summed E-state index contributed by atoms with van der Waals surface area (Å²) in [5.74, 6) is 1.30. The van der Waals surface area contributed by atoms with Gasteiger partial charge in [-0.15, -0.1) is 0 Å². The molecular formula is C23H25N5O4S2. The van der Waals surface area contributed by atoms with E-state index in [2.05, 4.69) is 14.5 Å². The maximum absolute atomic E-state index is 13.0. The van der Waals surface area contributed by atoms with Gasteiger partial charge in [0.15, 0.2) is 5.16 Å². The number of aryl methyl sites for hydroxylation is 2. The lowest BCUT2D eigenvalue weighted by Gasteiger charge is -2.26. The molecule has 5 rings (SSSR count). The molecule has 1 aliphatic rings. The topological polar surface area (TPSA) is 110 Å². The summed E-state index contributed by atoms with van der Waals surface area (Å²) in [6.45, 7) is 4.27. The normalized spacial score (nSPS) is 15.3. The Morgan fingerprint density at radius 3 is 2.68 bits per heavy atom. The largest absolute Gasteiger partial charge is 0.379 e. The van der Waals surface area contributed by atoms with E-state index in [1.54, 1.807) is 30.0 Å². The molecule has 34 heavy (non-hydrogen) atoms. The highest BCUT2D eigenvalue weighted by molar-refractivity contribution is 7.99. The van der Waals surface area contributed by atoms with Crippen LogP contribution in [0.1, 0.15) is 12.7 Å². The van der Waals surface area contributed by atoms with E-state index < -0.39 is 10.0 Å². The fourth-order valence-corrected chi connectivity index (χ4v) is 6.54. The van der Waals surface area contributed by atoms with Crippen molar-refractivity contribution in [2.75, 3.05) is 32.1 Å². The number of H-pyrrole nitrogens is 1. The van der Waals surface area contributed by atoms with Gasteiger partial charge in [0, 0.05) is 31.8 Å². The van der Waals surface area contributed by atoms with E-state index in [1.165, 1.54) is 4.31 Å². The molecule has 0 spiro atoms. The molecule has 4 aromatic rings. The molecule has 0 saturated carbocycles. The number of nitrogens with one attached hydrogen (secondary N) is 1. The number of hydrogen-bond acceptors (Lipinski definition) is 7. The van der Waals surface area contributed by atoms with E-state index in [0.717, 1.165) is 10.7 Å². The van der Waals surface area contributed by atoms with E-state index >= 15 is 0 Å². The van der Waals surface area contributed by atoms with Crippen LogP contribution in [0.5, 0.6) is 0 Å². The molecule has 0 amide bonds. The van der Waals surface area contributed by atoms with E-state index in [1.807, 2.05) is 31.2 Å². The molecule has 3 heterocycles. The average molecular weight is 500 g/mol. The summed E-state index contributed by atoms with van der Waals surface area (Å²) in [6.07, 6.45) is 0.578. The standard InChI is InChI=1S/C23H25N5O4S2/c1-2-28-20-8-7-16(34(30,31)27-10-12-32-13-11-27)15-19(20)25-23(28)33-14-9-21-24-18-6-4-3-5-17(18)22(29)26-21/h3-8,15H,2,9-14H2,1H3,(H,24,26,29). The molecule has 0 bridgehead atoms. The first-order valence-electron chi connectivity index (χ1n) is 11.2. The van der Waals surface area contributed by atoms with Gasteiger partial charge in [0.05, 0.1) is 40.0 Å². The minimum Gasteiger partial charge on any atom is -0.379 e. The van der Waals surface area contributed by atoms with Crippen LogP contribution in [-0.2, 0) is 27.7 Å². The van der Waals surface area contributed by atoms with E-state index in [0.29, 0.717) is 67.3 Å². The third kappa shape index (κ3) is 4.36. The van der Waals surface area contributed by atoms with Gasteiger partial charge in [-0.2, -0.15) is 4.31 Å². The Kier molecular flexibility index (Phi) is 6.43. The highest BCUT2D eigenvalue weighted by atomic mass is 32.2. The van der Waals surface area contributed by atoms with Crippen LogP contribution in [-0.4, -0.2) is 64.3 Å². The molecular weight excluding hydrogens is 474 g/mol. The number of aromatic amines is 1. The molecule has 9 nitrogen and oxygen atoms in total. The van der Waals surface area contributed by atoms with Crippen LogP contribution in [0, 0.1) is 0 Å². The monoisotopic (exact) mass is 499 g/mol. The van der Waals surface area contributed by atoms with Gasteiger partial charge in [-0.1, -0.05) is 23.9 Å². The number of aromatic nitrogens is 4. The molecule has 11 heteroatoms. The Labute approximate surface area is 201 Å². The van der Waals surface area contributed by atoms with Gasteiger partial charge in [0.25, 0.3) is 5.56 Å². The third-order valence-corrected chi connectivity index (χ3v) is 8.71. The summed E-state index contributed by atoms with van der Waals surface area (Å²) in [7, 11) is -3.58. The highest BCUT2D eigenvalue weighted by Gasteiger charge is 2.27. The zero-order chi connectivity index (χ0) is 23.7. The molecule has 1 N–H and O–H groups in total. The van der Waals surface area contributed by atoms with Gasteiger partial charge < -0.3 is 14.3 Å². The van der Waals surface area contributed by atoms with Gasteiger partial charge in [-0.3, -0.25) is 4.79 Å². The van der Waals surface area contributed by atoms with Crippen LogP contribution in [0.3, 0.4) is 0 Å². The minimum atomic E-state index is -3.58. The lowest BCUT2D eigenvalue weighted by molar-refractivity contribution is 0.0730. The predicted molar refractivity (Wildman–Crippen MR) is 132 cm³/mol. The second-order valence-electron chi connectivity index (χ2n) is 7.93. The number of nitrogens with zero attached hydrogens (tertiary/aromatic N) is 4. The van der Waals surface area contributed by atoms with Gasteiger partial charge in [-0.05, 0) is 37.3 Å². The Morgan fingerprint density at radius 2 is 1.88 bits per heavy atom. The Bertz CT molecular complexity index is 1510. The van der Waals surface area contributed by atoms with Crippen LogP contribution in [0.2, 0.25) is 0 Å². The number of benzene rings is 2. The number of sulfonamides is 1. The molecule has 0 unspecified atom stereocenters. The zero-order valence-corrected chi connectivity index (χ0v) is 20.4. The summed E-state index contributed by atoms with van der Waals surface area (Å²) in [6, 6.07) is 12.4. The molecule has 2 aromatic carbocycles. The summed E-state index contributed by atoms with van der Waals surface area (Å²) in [4.78, 5) is 24.7. The number of morpholine rings is 1. The highest BCUT2D eigenvalue weighted by Crippen LogP contribution is 2.28. The smallest absolute Gasteiger partial charge is 0.258 e. The van der Waals surface area contributed by atoms with Crippen molar-refractivity contribution in [2.45, 2.75) is 29.9 Å². The maximum atomic E-state index is 13.0. The number of ether oxygens (including phenoxy) is 1. The summed E-state index contributed by atoms with van der Waals surface area (Å²) in [5.41, 5.74) is 2.08. The first-order valence-corrected chi connectivity index (χ1v) is 13.6. The minimum absolute atomic E-state index is 0.139. The quantitative estimate of drug-likeness (QED) is 0.389.